The fraction of sp³-hybridized carbons (Fsp3) is 0.529. The molecule has 0 saturated carbocycles. The number of aromatic nitrogens is 4. The highest BCUT2D eigenvalue weighted by molar-refractivity contribution is 5.47. The molecule has 0 spiro atoms. The Bertz CT molecular complexity index is 672. The first-order chi connectivity index (χ1) is 11.7. The number of nitrogens with zero attached hydrogens (tertiary/aromatic N) is 6. The van der Waals surface area contributed by atoms with Crippen molar-refractivity contribution >= 4 is 11.6 Å². The van der Waals surface area contributed by atoms with E-state index in [1.54, 1.807) is 19.5 Å². The van der Waals surface area contributed by atoms with Gasteiger partial charge in [0.1, 0.15) is 11.6 Å². The molecule has 1 aliphatic heterocycles. The van der Waals surface area contributed by atoms with Gasteiger partial charge in [0.05, 0.1) is 7.11 Å². The van der Waals surface area contributed by atoms with Crippen molar-refractivity contribution in [1.82, 2.24) is 19.9 Å². The molecule has 0 radical (unpaired) electrons. The number of rotatable bonds is 5. The van der Waals surface area contributed by atoms with Crippen molar-refractivity contribution in [3.05, 3.63) is 30.5 Å². The summed E-state index contributed by atoms with van der Waals surface area (Å²) in [5.74, 6) is 3.86. The van der Waals surface area contributed by atoms with Gasteiger partial charge in [0.25, 0.3) is 5.88 Å². The van der Waals surface area contributed by atoms with Crippen LogP contribution in [-0.4, -0.2) is 53.7 Å². The summed E-state index contributed by atoms with van der Waals surface area (Å²) >= 11 is 0. The van der Waals surface area contributed by atoms with Gasteiger partial charge in [-0.15, -0.1) is 0 Å². The molecule has 2 aromatic heterocycles. The van der Waals surface area contributed by atoms with E-state index >= 15 is 0 Å². The van der Waals surface area contributed by atoms with Gasteiger partial charge in [0, 0.05) is 45.3 Å². The number of methoxy groups -OCH3 is 1. The van der Waals surface area contributed by atoms with E-state index in [4.69, 9.17) is 4.74 Å². The molecule has 0 N–H and O–H groups in total. The van der Waals surface area contributed by atoms with Crippen molar-refractivity contribution in [3.8, 4) is 5.88 Å². The third kappa shape index (κ3) is 3.72. The van der Waals surface area contributed by atoms with Crippen LogP contribution in [0.5, 0.6) is 5.88 Å². The molecule has 2 aromatic rings. The average molecular weight is 328 g/mol. The zero-order chi connectivity index (χ0) is 16.9. The van der Waals surface area contributed by atoms with E-state index in [0.29, 0.717) is 11.8 Å². The highest BCUT2D eigenvalue weighted by Gasteiger charge is 2.23. The van der Waals surface area contributed by atoms with E-state index in [0.717, 1.165) is 49.9 Å². The lowest BCUT2D eigenvalue weighted by Crippen LogP contribution is -2.38. The van der Waals surface area contributed by atoms with Gasteiger partial charge in [-0.3, -0.25) is 0 Å². The van der Waals surface area contributed by atoms with E-state index in [2.05, 4.69) is 29.7 Å². The molecular weight excluding hydrogens is 304 g/mol. The van der Waals surface area contributed by atoms with Gasteiger partial charge in [-0.25, -0.2) is 19.9 Å². The number of piperidine rings is 1. The topological polar surface area (TPSA) is 67.3 Å². The Labute approximate surface area is 142 Å². The van der Waals surface area contributed by atoms with Crippen LogP contribution in [0.25, 0.3) is 0 Å². The SMILES string of the molecule is COc1nccnc1N(C)CC1CCN(c2ccnc(C)n2)CC1. The van der Waals surface area contributed by atoms with Crippen molar-refractivity contribution in [1.29, 1.82) is 0 Å². The third-order valence-corrected chi connectivity index (χ3v) is 4.43. The quantitative estimate of drug-likeness (QED) is 0.831. The highest BCUT2D eigenvalue weighted by Crippen LogP contribution is 2.26. The largest absolute Gasteiger partial charge is 0.478 e. The molecule has 128 valence electrons. The van der Waals surface area contributed by atoms with Gasteiger partial charge in [-0.1, -0.05) is 0 Å². The summed E-state index contributed by atoms with van der Waals surface area (Å²) in [6.07, 6.45) is 7.45. The number of anilines is 2. The van der Waals surface area contributed by atoms with Crippen LogP contribution in [0.4, 0.5) is 11.6 Å². The fourth-order valence-corrected chi connectivity index (χ4v) is 3.16. The van der Waals surface area contributed by atoms with E-state index in [1.165, 1.54) is 0 Å². The van der Waals surface area contributed by atoms with E-state index in [9.17, 15) is 0 Å². The highest BCUT2D eigenvalue weighted by atomic mass is 16.5. The Morgan fingerprint density at radius 2 is 1.92 bits per heavy atom. The summed E-state index contributed by atoms with van der Waals surface area (Å²) in [4.78, 5) is 21.8. The van der Waals surface area contributed by atoms with Gasteiger partial charge in [-0.05, 0) is 31.7 Å². The van der Waals surface area contributed by atoms with E-state index in [-0.39, 0.29) is 0 Å². The van der Waals surface area contributed by atoms with Crippen LogP contribution in [0.2, 0.25) is 0 Å². The Balaban J connectivity index is 1.57. The zero-order valence-corrected chi connectivity index (χ0v) is 14.5. The van der Waals surface area contributed by atoms with Crippen molar-refractivity contribution in [3.63, 3.8) is 0 Å². The molecule has 0 aliphatic carbocycles. The lowest BCUT2D eigenvalue weighted by atomic mass is 9.96. The van der Waals surface area contributed by atoms with Crippen LogP contribution in [0.3, 0.4) is 0 Å². The first kappa shape index (κ1) is 16.4. The van der Waals surface area contributed by atoms with Crippen molar-refractivity contribution < 1.29 is 4.74 Å². The maximum absolute atomic E-state index is 5.30. The molecule has 0 aromatic carbocycles. The number of ether oxygens (including phenoxy) is 1. The lowest BCUT2D eigenvalue weighted by Gasteiger charge is -2.34. The molecule has 1 fully saturated rings. The van der Waals surface area contributed by atoms with Gasteiger partial charge in [-0.2, -0.15) is 0 Å². The van der Waals surface area contributed by atoms with Crippen molar-refractivity contribution in [2.24, 2.45) is 5.92 Å². The second-order valence-corrected chi connectivity index (χ2v) is 6.16. The van der Waals surface area contributed by atoms with E-state index < -0.39 is 0 Å². The Hall–Kier alpha value is -2.44. The fourth-order valence-electron chi connectivity index (χ4n) is 3.16. The molecule has 3 heterocycles. The third-order valence-electron chi connectivity index (χ3n) is 4.43. The second kappa shape index (κ2) is 7.42. The molecule has 1 aliphatic rings. The summed E-state index contributed by atoms with van der Waals surface area (Å²) in [7, 11) is 3.68. The Morgan fingerprint density at radius 3 is 2.62 bits per heavy atom. The maximum atomic E-state index is 5.30. The average Bonchev–Trinajstić information content (AvgIpc) is 2.62. The molecule has 7 nitrogen and oxygen atoms in total. The van der Waals surface area contributed by atoms with Crippen LogP contribution in [0, 0.1) is 12.8 Å². The minimum absolute atomic E-state index is 0.578. The van der Waals surface area contributed by atoms with Gasteiger partial charge in [0.15, 0.2) is 5.82 Å². The number of aryl methyl sites for hydroxylation is 1. The molecule has 0 bridgehead atoms. The van der Waals surface area contributed by atoms with Gasteiger partial charge < -0.3 is 14.5 Å². The first-order valence-electron chi connectivity index (χ1n) is 8.28. The van der Waals surface area contributed by atoms with E-state index in [1.807, 2.05) is 26.2 Å². The number of hydrogen-bond donors (Lipinski definition) is 0. The smallest absolute Gasteiger partial charge is 0.257 e. The summed E-state index contributed by atoms with van der Waals surface area (Å²) in [5.41, 5.74) is 0. The van der Waals surface area contributed by atoms with Gasteiger partial charge >= 0.3 is 0 Å². The number of hydrogen-bond acceptors (Lipinski definition) is 7. The zero-order valence-electron chi connectivity index (χ0n) is 14.5. The molecule has 0 atom stereocenters. The normalized spacial score (nSPS) is 15.4. The second-order valence-electron chi connectivity index (χ2n) is 6.16. The Morgan fingerprint density at radius 1 is 1.17 bits per heavy atom. The van der Waals surface area contributed by atoms with Crippen molar-refractivity contribution in [2.75, 3.05) is 43.6 Å². The molecule has 0 amide bonds. The maximum Gasteiger partial charge on any atom is 0.257 e. The van der Waals surface area contributed by atoms with Gasteiger partial charge in [0.2, 0.25) is 0 Å². The monoisotopic (exact) mass is 328 g/mol. The lowest BCUT2D eigenvalue weighted by molar-refractivity contribution is 0.386. The predicted molar refractivity (Wildman–Crippen MR) is 93.6 cm³/mol. The summed E-state index contributed by atoms with van der Waals surface area (Å²) in [5, 5.41) is 0. The molecule has 1 saturated heterocycles. The Kier molecular flexibility index (Phi) is 5.08. The summed E-state index contributed by atoms with van der Waals surface area (Å²) in [6, 6.07) is 1.99. The van der Waals surface area contributed by atoms with Crippen LogP contribution < -0.4 is 14.5 Å². The molecule has 7 heteroatoms. The van der Waals surface area contributed by atoms with Crippen LogP contribution in [0.1, 0.15) is 18.7 Å². The predicted octanol–water partition coefficient (Wildman–Crippen LogP) is 1.94. The van der Waals surface area contributed by atoms with Crippen LogP contribution >= 0.6 is 0 Å². The molecular formula is C17H24N6O. The van der Waals surface area contributed by atoms with Crippen LogP contribution in [0.15, 0.2) is 24.7 Å². The van der Waals surface area contributed by atoms with Crippen LogP contribution in [-0.2, 0) is 0 Å². The van der Waals surface area contributed by atoms with Crippen molar-refractivity contribution in [2.45, 2.75) is 19.8 Å². The first-order valence-corrected chi connectivity index (χ1v) is 8.28. The molecule has 24 heavy (non-hydrogen) atoms. The standard InChI is InChI=1S/C17H24N6O/c1-13-18-7-4-15(21-13)23-10-5-14(6-11-23)12-22(2)16-17(24-3)20-9-8-19-16/h4,7-9,14H,5-6,10-12H2,1-3H3. The summed E-state index contributed by atoms with van der Waals surface area (Å²) in [6.45, 7) is 4.92. The minimum atomic E-state index is 0.578. The molecule has 3 rings (SSSR count). The summed E-state index contributed by atoms with van der Waals surface area (Å²) < 4.78 is 5.30. The molecule has 0 unspecified atom stereocenters. The minimum Gasteiger partial charge on any atom is -0.478 e.